The van der Waals surface area contributed by atoms with Gasteiger partial charge in [-0.25, -0.2) is 4.57 Å². The summed E-state index contributed by atoms with van der Waals surface area (Å²) in [5.41, 5.74) is 0. The van der Waals surface area contributed by atoms with Crippen LogP contribution in [0.15, 0.2) is 12.3 Å². The highest BCUT2D eigenvalue weighted by atomic mass is 31.2. The van der Waals surface area contributed by atoms with Gasteiger partial charge in [0.2, 0.25) is 0 Å². The van der Waals surface area contributed by atoms with Gasteiger partial charge in [-0.15, -0.1) is 0 Å². The molecule has 1 atom stereocenters. The van der Waals surface area contributed by atoms with Crippen molar-refractivity contribution in [3.63, 3.8) is 0 Å². The largest absolute Gasteiger partial charge is 0.499 e. The van der Waals surface area contributed by atoms with E-state index < -0.39 is 13.9 Å². The lowest BCUT2D eigenvalue weighted by Crippen LogP contribution is -2.12. The van der Waals surface area contributed by atoms with Crippen molar-refractivity contribution in [2.75, 3.05) is 6.61 Å². The molecule has 0 amide bonds. The minimum Gasteiger partial charge on any atom is -0.499 e. The van der Waals surface area contributed by atoms with E-state index >= 15 is 0 Å². The zero-order valence-electron chi connectivity index (χ0n) is 7.01. The van der Waals surface area contributed by atoms with Crippen molar-refractivity contribution in [3.8, 4) is 0 Å². The molecule has 0 spiro atoms. The molecule has 0 aliphatic rings. The summed E-state index contributed by atoms with van der Waals surface area (Å²) >= 11 is 0. The van der Waals surface area contributed by atoms with Crippen molar-refractivity contribution in [1.82, 2.24) is 0 Å². The van der Waals surface area contributed by atoms with Crippen LogP contribution in [0, 0.1) is 0 Å². The van der Waals surface area contributed by atoms with E-state index in [4.69, 9.17) is 14.5 Å². The topological polar surface area (TPSA) is 76.0 Å². The van der Waals surface area contributed by atoms with E-state index in [1.54, 1.807) is 13.0 Å². The number of phosphoric ester groups is 1. The van der Waals surface area contributed by atoms with E-state index in [1.807, 2.05) is 0 Å². The summed E-state index contributed by atoms with van der Waals surface area (Å²) in [6, 6.07) is 0. The first-order valence-electron chi connectivity index (χ1n) is 3.42. The summed E-state index contributed by atoms with van der Waals surface area (Å²) in [7, 11) is -4.37. The van der Waals surface area contributed by atoms with E-state index in [0.29, 0.717) is 0 Å². The normalized spacial score (nSPS) is 15.0. The van der Waals surface area contributed by atoms with Gasteiger partial charge >= 0.3 is 7.82 Å². The van der Waals surface area contributed by atoms with Gasteiger partial charge in [0.25, 0.3) is 0 Å². The molecule has 0 aromatic heterocycles. The minimum atomic E-state index is -4.37. The standard InChI is InChI=1S/C6H13O5P/c1-3-4-10-5-6(2)11-12(7,8)9/h3-4,6H,5H2,1-2H3,(H2,7,8,9). The Morgan fingerprint density at radius 3 is 2.58 bits per heavy atom. The molecule has 12 heavy (non-hydrogen) atoms. The maximum Gasteiger partial charge on any atom is 0.469 e. The Labute approximate surface area is 71.2 Å². The average Bonchev–Trinajstić information content (AvgIpc) is 1.84. The summed E-state index contributed by atoms with van der Waals surface area (Å²) in [5, 5.41) is 0. The molecule has 6 heteroatoms. The first-order valence-corrected chi connectivity index (χ1v) is 4.95. The fraction of sp³-hybridized carbons (Fsp3) is 0.667. The molecular formula is C6H13O5P. The summed E-state index contributed by atoms with van der Waals surface area (Å²) in [6.45, 7) is 3.41. The van der Waals surface area contributed by atoms with Crippen LogP contribution < -0.4 is 0 Å². The predicted molar refractivity (Wildman–Crippen MR) is 43.4 cm³/mol. The van der Waals surface area contributed by atoms with E-state index in [0.717, 1.165) is 0 Å². The first kappa shape index (κ1) is 11.6. The zero-order valence-corrected chi connectivity index (χ0v) is 7.90. The number of allylic oxidation sites excluding steroid dienone is 1. The third-order valence-electron chi connectivity index (χ3n) is 0.880. The Bertz CT molecular complexity index is 184. The third kappa shape index (κ3) is 7.75. The number of rotatable bonds is 5. The Balaban J connectivity index is 3.60. The van der Waals surface area contributed by atoms with Gasteiger partial charge in [-0.1, -0.05) is 6.08 Å². The lowest BCUT2D eigenvalue weighted by Gasteiger charge is -2.12. The van der Waals surface area contributed by atoms with E-state index in [-0.39, 0.29) is 6.61 Å². The lowest BCUT2D eigenvalue weighted by molar-refractivity contribution is 0.0834. The number of phosphoric acid groups is 1. The van der Waals surface area contributed by atoms with Crippen molar-refractivity contribution >= 4 is 7.82 Å². The Kier molecular flexibility index (Phi) is 5.17. The van der Waals surface area contributed by atoms with E-state index in [9.17, 15) is 4.57 Å². The molecule has 0 fully saturated rings. The molecule has 72 valence electrons. The number of hydrogen-bond donors (Lipinski definition) is 2. The van der Waals surface area contributed by atoms with Crippen LogP contribution in [0.3, 0.4) is 0 Å². The van der Waals surface area contributed by atoms with Gasteiger partial charge in [0.05, 0.1) is 6.26 Å². The van der Waals surface area contributed by atoms with Gasteiger partial charge in [-0.2, -0.15) is 0 Å². The van der Waals surface area contributed by atoms with E-state index in [2.05, 4.69) is 4.52 Å². The monoisotopic (exact) mass is 196 g/mol. The lowest BCUT2D eigenvalue weighted by atomic mass is 10.4. The summed E-state index contributed by atoms with van der Waals surface area (Å²) in [4.78, 5) is 16.7. The van der Waals surface area contributed by atoms with Gasteiger partial charge in [0.1, 0.15) is 12.7 Å². The van der Waals surface area contributed by atoms with Crippen LogP contribution in [-0.4, -0.2) is 22.5 Å². The van der Waals surface area contributed by atoms with Crippen LogP contribution in [-0.2, 0) is 13.8 Å². The summed E-state index contributed by atoms with van der Waals surface area (Å²) < 4.78 is 19.4. The van der Waals surface area contributed by atoms with Crippen molar-refractivity contribution in [1.29, 1.82) is 0 Å². The van der Waals surface area contributed by atoms with Crippen LogP contribution in [0.25, 0.3) is 0 Å². The molecule has 0 aromatic rings. The quantitative estimate of drug-likeness (QED) is 0.507. The molecule has 0 aromatic carbocycles. The van der Waals surface area contributed by atoms with E-state index in [1.165, 1.54) is 13.2 Å². The fourth-order valence-corrected chi connectivity index (χ4v) is 1.08. The second kappa shape index (κ2) is 5.32. The van der Waals surface area contributed by atoms with Gasteiger partial charge < -0.3 is 14.5 Å². The highest BCUT2D eigenvalue weighted by molar-refractivity contribution is 7.46. The van der Waals surface area contributed by atoms with Crippen molar-refractivity contribution < 1.29 is 23.6 Å². The Morgan fingerprint density at radius 2 is 2.17 bits per heavy atom. The molecule has 0 radical (unpaired) electrons. The van der Waals surface area contributed by atoms with Crippen LogP contribution in [0.1, 0.15) is 13.8 Å². The molecule has 0 aliphatic carbocycles. The summed E-state index contributed by atoms with van der Waals surface area (Å²) in [6.07, 6.45) is 2.48. The molecule has 0 heterocycles. The highest BCUT2D eigenvalue weighted by Crippen LogP contribution is 2.37. The number of hydrogen-bond acceptors (Lipinski definition) is 3. The van der Waals surface area contributed by atoms with Crippen LogP contribution >= 0.6 is 7.82 Å². The maximum absolute atomic E-state index is 10.3. The molecule has 0 saturated carbocycles. The summed E-state index contributed by atoms with van der Waals surface area (Å²) in [5.74, 6) is 0. The Morgan fingerprint density at radius 1 is 1.58 bits per heavy atom. The van der Waals surface area contributed by atoms with Gasteiger partial charge in [-0.3, -0.25) is 4.52 Å². The average molecular weight is 196 g/mol. The molecule has 1 unspecified atom stereocenters. The highest BCUT2D eigenvalue weighted by Gasteiger charge is 2.18. The van der Waals surface area contributed by atoms with Crippen LogP contribution in [0.5, 0.6) is 0 Å². The molecule has 5 nitrogen and oxygen atoms in total. The minimum absolute atomic E-state index is 0.120. The Hall–Kier alpha value is -0.350. The van der Waals surface area contributed by atoms with Gasteiger partial charge in [-0.05, 0) is 13.8 Å². The van der Waals surface area contributed by atoms with Gasteiger partial charge in [0.15, 0.2) is 0 Å². The van der Waals surface area contributed by atoms with Crippen LogP contribution in [0.4, 0.5) is 0 Å². The molecule has 0 rings (SSSR count). The van der Waals surface area contributed by atoms with Gasteiger partial charge in [0, 0.05) is 0 Å². The molecule has 0 aliphatic heterocycles. The van der Waals surface area contributed by atoms with Crippen molar-refractivity contribution in [2.45, 2.75) is 20.0 Å². The fourth-order valence-electron chi connectivity index (χ4n) is 0.552. The first-order chi connectivity index (χ1) is 5.45. The third-order valence-corrected chi connectivity index (χ3v) is 1.52. The maximum atomic E-state index is 10.3. The molecule has 0 bridgehead atoms. The second-order valence-corrected chi connectivity index (χ2v) is 3.40. The van der Waals surface area contributed by atoms with Crippen molar-refractivity contribution in [2.24, 2.45) is 0 Å². The molecule has 2 N–H and O–H groups in total. The molecular weight excluding hydrogens is 183 g/mol. The van der Waals surface area contributed by atoms with Crippen molar-refractivity contribution in [3.05, 3.63) is 12.3 Å². The SMILES string of the molecule is CC=COCC(C)OP(=O)(O)O. The predicted octanol–water partition coefficient (Wildman–Crippen LogP) is 1.03. The van der Waals surface area contributed by atoms with Crippen LogP contribution in [0.2, 0.25) is 0 Å². The molecule has 0 saturated heterocycles. The smallest absolute Gasteiger partial charge is 0.469 e. The zero-order chi connectivity index (χ0) is 9.61. The second-order valence-electron chi connectivity index (χ2n) is 2.21. The number of ether oxygens (including phenoxy) is 1.